The highest BCUT2D eigenvalue weighted by molar-refractivity contribution is 6.05. The standard InChI is InChI=1S/C25H22N2O4/c1-3-27-16-22(24(28)21-15-20(30-2)13-14-23(21)27)25(29)26-17-9-11-19(12-10-17)31-18-7-5-4-6-8-18/h4-16H,3H2,1-2H3,(H,26,29). The predicted octanol–water partition coefficient (Wildman–Crippen LogP) is 5.07. The summed E-state index contributed by atoms with van der Waals surface area (Å²) in [7, 11) is 1.54. The van der Waals surface area contributed by atoms with E-state index in [0.717, 1.165) is 11.3 Å². The van der Waals surface area contributed by atoms with Gasteiger partial charge in [0.25, 0.3) is 5.91 Å². The largest absolute Gasteiger partial charge is 0.497 e. The van der Waals surface area contributed by atoms with E-state index in [2.05, 4.69) is 5.32 Å². The minimum Gasteiger partial charge on any atom is -0.497 e. The van der Waals surface area contributed by atoms with Crippen LogP contribution in [0.4, 0.5) is 5.69 Å². The van der Waals surface area contributed by atoms with Gasteiger partial charge < -0.3 is 19.4 Å². The maximum absolute atomic E-state index is 13.0. The Hall–Kier alpha value is -4.06. The molecule has 0 saturated carbocycles. The van der Waals surface area contributed by atoms with Gasteiger partial charge >= 0.3 is 0 Å². The number of nitrogens with one attached hydrogen (secondary N) is 1. The zero-order chi connectivity index (χ0) is 21.8. The van der Waals surface area contributed by atoms with Crippen molar-refractivity contribution < 1.29 is 14.3 Å². The maximum Gasteiger partial charge on any atom is 0.261 e. The SMILES string of the molecule is CCn1cc(C(=O)Nc2ccc(Oc3ccccc3)cc2)c(=O)c2cc(OC)ccc21. The zero-order valence-electron chi connectivity index (χ0n) is 17.3. The molecule has 1 amide bonds. The second-order valence-electron chi connectivity index (χ2n) is 6.93. The molecular weight excluding hydrogens is 392 g/mol. The number of fused-ring (bicyclic) bond motifs is 1. The third-order valence-electron chi connectivity index (χ3n) is 4.96. The topological polar surface area (TPSA) is 69.6 Å². The first kappa shape index (κ1) is 20.2. The van der Waals surface area contributed by atoms with E-state index in [9.17, 15) is 9.59 Å². The van der Waals surface area contributed by atoms with Gasteiger partial charge in [-0.15, -0.1) is 0 Å². The molecule has 4 rings (SSSR count). The molecule has 0 aliphatic carbocycles. The summed E-state index contributed by atoms with van der Waals surface area (Å²) in [6, 6.07) is 21.7. The molecule has 0 radical (unpaired) electrons. The van der Waals surface area contributed by atoms with Gasteiger partial charge in [0.1, 0.15) is 22.8 Å². The number of rotatable bonds is 6. The van der Waals surface area contributed by atoms with Crippen LogP contribution in [-0.4, -0.2) is 17.6 Å². The van der Waals surface area contributed by atoms with Crippen molar-refractivity contribution in [2.45, 2.75) is 13.5 Å². The Kier molecular flexibility index (Phi) is 5.71. The van der Waals surface area contributed by atoms with Crippen LogP contribution in [0.5, 0.6) is 17.2 Å². The summed E-state index contributed by atoms with van der Waals surface area (Å²) in [4.78, 5) is 25.9. The number of aryl methyl sites for hydroxylation is 1. The molecule has 0 aliphatic heterocycles. The average molecular weight is 414 g/mol. The molecule has 1 N–H and O–H groups in total. The van der Waals surface area contributed by atoms with E-state index in [-0.39, 0.29) is 11.0 Å². The molecule has 1 heterocycles. The van der Waals surface area contributed by atoms with Crippen LogP contribution in [0.25, 0.3) is 10.9 Å². The molecule has 4 aromatic rings. The van der Waals surface area contributed by atoms with Crippen LogP contribution in [0.3, 0.4) is 0 Å². The van der Waals surface area contributed by atoms with Crippen molar-refractivity contribution in [3.8, 4) is 17.2 Å². The maximum atomic E-state index is 13.0. The van der Waals surface area contributed by atoms with E-state index in [4.69, 9.17) is 9.47 Å². The Bertz CT molecular complexity index is 1280. The fraction of sp³-hybridized carbons (Fsp3) is 0.120. The smallest absolute Gasteiger partial charge is 0.261 e. The lowest BCUT2D eigenvalue weighted by molar-refractivity contribution is 0.102. The summed E-state index contributed by atoms with van der Waals surface area (Å²) in [5.41, 5.74) is 1.07. The molecule has 0 aliphatic rings. The van der Waals surface area contributed by atoms with Crippen LogP contribution in [0.2, 0.25) is 0 Å². The van der Waals surface area contributed by atoms with Gasteiger partial charge in [0.05, 0.1) is 18.0 Å². The van der Waals surface area contributed by atoms with Gasteiger partial charge in [-0.05, 0) is 61.5 Å². The van der Waals surface area contributed by atoms with Crippen LogP contribution >= 0.6 is 0 Å². The molecule has 0 atom stereocenters. The Balaban J connectivity index is 1.59. The number of carbonyl (C=O) groups excluding carboxylic acids is 1. The van der Waals surface area contributed by atoms with Gasteiger partial charge in [-0.25, -0.2) is 0 Å². The summed E-state index contributed by atoms with van der Waals surface area (Å²) in [5.74, 6) is 1.48. The number of methoxy groups -OCH3 is 1. The van der Waals surface area contributed by atoms with Gasteiger partial charge in [-0.3, -0.25) is 9.59 Å². The fourth-order valence-electron chi connectivity index (χ4n) is 3.36. The van der Waals surface area contributed by atoms with Crippen molar-refractivity contribution in [3.63, 3.8) is 0 Å². The molecule has 156 valence electrons. The van der Waals surface area contributed by atoms with Crippen molar-refractivity contribution in [1.82, 2.24) is 4.57 Å². The van der Waals surface area contributed by atoms with Crippen LogP contribution < -0.4 is 20.2 Å². The molecule has 0 spiro atoms. The minimum atomic E-state index is -0.464. The lowest BCUT2D eigenvalue weighted by Crippen LogP contribution is -2.23. The lowest BCUT2D eigenvalue weighted by Gasteiger charge is -2.13. The number of anilines is 1. The number of aromatic nitrogens is 1. The van der Waals surface area contributed by atoms with Crippen LogP contribution in [0, 0.1) is 0 Å². The number of nitrogens with zero attached hydrogens (tertiary/aromatic N) is 1. The second kappa shape index (κ2) is 8.75. The molecule has 31 heavy (non-hydrogen) atoms. The van der Waals surface area contributed by atoms with Gasteiger partial charge in [-0.2, -0.15) is 0 Å². The van der Waals surface area contributed by atoms with Gasteiger partial charge in [-0.1, -0.05) is 18.2 Å². The minimum absolute atomic E-state index is 0.0761. The van der Waals surface area contributed by atoms with E-state index in [1.807, 2.05) is 47.9 Å². The van der Waals surface area contributed by atoms with E-state index in [1.165, 1.54) is 0 Å². The monoisotopic (exact) mass is 414 g/mol. The Labute approximate surface area is 179 Å². The third-order valence-corrected chi connectivity index (χ3v) is 4.96. The third kappa shape index (κ3) is 4.28. The highest BCUT2D eigenvalue weighted by Gasteiger charge is 2.16. The number of para-hydroxylation sites is 1. The summed E-state index contributed by atoms with van der Waals surface area (Å²) in [5, 5.41) is 3.24. The quantitative estimate of drug-likeness (QED) is 0.478. The van der Waals surface area contributed by atoms with Gasteiger partial charge in [0.15, 0.2) is 0 Å². The summed E-state index contributed by atoms with van der Waals surface area (Å²) >= 11 is 0. The normalized spacial score (nSPS) is 10.6. The first-order valence-electron chi connectivity index (χ1n) is 9.94. The van der Waals surface area contributed by atoms with Crippen molar-refractivity contribution >= 4 is 22.5 Å². The second-order valence-corrected chi connectivity index (χ2v) is 6.93. The average Bonchev–Trinajstić information content (AvgIpc) is 2.81. The molecule has 6 nitrogen and oxygen atoms in total. The predicted molar refractivity (Wildman–Crippen MR) is 121 cm³/mol. The van der Waals surface area contributed by atoms with Crippen molar-refractivity contribution in [3.05, 3.63) is 94.8 Å². The van der Waals surface area contributed by atoms with Gasteiger partial charge in [0, 0.05) is 18.4 Å². The fourth-order valence-corrected chi connectivity index (χ4v) is 3.36. The summed E-state index contributed by atoms with van der Waals surface area (Å²) in [6.45, 7) is 2.58. The van der Waals surface area contributed by atoms with E-state index in [1.54, 1.807) is 49.7 Å². The van der Waals surface area contributed by atoms with Crippen molar-refractivity contribution in [2.75, 3.05) is 12.4 Å². The first-order valence-corrected chi connectivity index (χ1v) is 9.94. The molecule has 0 saturated heterocycles. The lowest BCUT2D eigenvalue weighted by atomic mass is 10.1. The molecule has 0 bridgehead atoms. The Morgan fingerprint density at radius 2 is 1.61 bits per heavy atom. The van der Waals surface area contributed by atoms with Gasteiger partial charge in [0.2, 0.25) is 5.43 Å². The zero-order valence-corrected chi connectivity index (χ0v) is 17.3. The van der Waals surface area contributed by atoms with E-state index >= 15 is 0 Å². The number of ether oxygens (including phenoxy) is 2. The number of amides is 1. The molecule has 1 aromatic heterocycles. The highest BCUT2D eigenvalue weighted by atomic mass is 16.5. The van der Waals surface area contributed by atoms with Crippen molar-refractivity contribution in [2.24, 2.45) is 0 Å². The number of carbonyl (C=O) groups is 1. The molecule has 0 fully saturated rings. The summed E-state index contributed by atoms with van der Waals surface area (Å²) in [6.07, 6.45) is 1.60. The Morgan fingerprint density at radius 3 is 2.29 bits per heavy atom. The van der Waals surface area contributed by atoms with E-state index < -0.39 is 5.91 Å². The van der Waals surface area contributed by atoms with Crippen LogP contribution in [-0.2, 0) is 6.54 Å². The first-order chi connectivity index (χ1) is 15.1. The van der Waals surface area contributed by atoms with E-state index in [0.29, 0.717) is 29.1 Å². The molecule has 0 unspecified atom stereocenters. The number of hydrogen-bond donors (Lipinski definition) is 1. The number of hydrogen-bond acceptors (Lipinski definition) is 4. The molecule has 3 aromatic carbocycles. The molecule has 6 heteroatoms. The number of pyridine rings is 1. The van der Waals surface area contributed by atoms with Crippen LogP contribution in [0.1, 0.15) is 17.3 Å². The summed E-state index contributed by atoms with van der Waals surface area (Å²) < 4.78 is 12.9. The Morgan fingerprint density at radius 1 is 0.935 bits per heavy atom. The van der Waals surface area contributed by atoms with Crippen molar-refractivity contribution in [1.29, 1.82) is 0 Å². The van der Waals surface area contributed by atoms with Crippen LogP contribution in [0.15, 0.2) is 83.8 Å². The molecular formula is C25H22N2O4. The number of benzene rings is 3. The highest BCUT2D eigenvalue weighted by Crippen LogP contribution is 2.23.